The quantitative estimate of drug-likeness (QED) is 0.130. The van der Waals surface area contributed by atoms with E-state index in [9.17, 15) is 29.7 Å². The van der Waals surface area contributed by atoms with Gasteiger partial charge >= 0.3 is 0 Å². The number of nitrogens with one attached hydrogen (secondary N) is 2. The third kappa shape index (κ3) is 4.52. The van der Waals surface area contributed by atoms with Crippen molar-refractivity contribution in [2.45, 2.75) is 26.7 Å². The van der Waals surface area contributed by atoms with E-state index in [0.29, 0.717) is 11.3 Å². The van der Waals surface area contributed by atoms with E-state index >= 15 is 0 Å². The summed E-state index contributed by atoms with van der Waals surface area (Å²) in [4.78, 5) is 41.7. The normalized spacial score (nSPS) is 24.1. The van der Waals surface area contributed by atoms with Gasteiger partial charge < -0.3 is 36.6 Å². The van der Waals surface area contributed by atoms with Crippen molar-refractivity contribution in [1.29, 1.82) is 0 Å². The topological polar surface area (TPSA) is 165 Å². The predicted octanol–water partition coefficient (Wildman–Crippen LogP) is 5.13. The van der Waals surface area contributed by atoms with Gasteiger partial charge in [0.25, 0.3) is 5.91 Å². The molecule has 0 spiro atoms. The van der Waals surface area contributed by atoms with E-state index in [1.807, 2.05) is 61.5 Å². The second-order valence-corrected chi connectivity index (χ2v) is 12.9. The van der Waals surface area contributed by atoms with Crippen molar-refractivity contribution >= 4 is 62.6 Å². The summed E-state index contributed by atoms with van der Waals surface area (Å²) < 4.78 is 0. The smallest absolute Gasteiger partial charge is 0.255 e. The molecule has 11 heteroatoms. The number of ketones is 2. The van der Waals surface area contributed by atoms with Crippen LogP contribution >= 0.6 is 12.2 Å². The standard InChI is InChI=1S/C34H34N4O6S/c1-15-27(39)25(32(35)44)31(43)26-30(42)23-17(14-34(15,26)2)12-19-22(38(3)4)13-21(28(40)24(19)29(23)41)37-33(45)36-20-11-7-9-16-8-5-6-10-18(16)20/h5-11,13,15,17,26,39-40,42H,12,14H2,1-4H3,(H2,35,44)(H2,36,37,45)/t15-,17?,26?,34+/m1/s1. The Labute approximate surface area is 265 Å². The number of allylic oxidation sites excluding steroid dienone is 3. The summed E-state index contributed by atoms with van der Waals surface area (Å²) in [6.45, 7) is 3.45. The monoisotopic (exact) mass is 626 g/mol. The average molecular weight is 627 g/mol. The number of phenolic OH excluding ortho intramolecular Hbond substituents is 1. The number of hydrogen-bond acceptors (Lipinski definition) is 8. The molecule has 3 aliphatic carbocycles. The summed E-state index contributed by atoms with van der Waals surface area (Å²) in [7, 11) is 3.65. The van der Waals surface area contributed by atoms with Gasteiger partial charge in [0.2, 0.25) is 0 Å². The van der Waals surface area contributed by atoms with Crippen LogP contribution in [0.25, 0.3) is 10.8 Å². The predicted molar refractivity (Wildman–Crippen MR) is 177 cm³/mol. The third-order valence-electron chi connectivity index (χ3n) is 9.79. The minimum atomic E-state index is -1.25. The number of aliphatic hydroxyl groups excluding tert-OH is 2. The highest BCUT2D eigenvalue weighted by molar-refractivity contribution is 7.80. The number of amides is 1. The molecule has 0 radical (unpaired) electrons. The number of rotatable bonds is 4. The molecule has 10 nitrogen and oxygen atoms in total. The van der Waals surface area contributed by atoms with E-state index in [0.717, 1.165) is 16.5 Å². The fourth-order valence-corrected chi connectivity index (χ4v) is 7.66. The van der Waals surface area contributed by atoms with Crippen LogP contribution in [-0.2, 0) is 16.0 Å². The van der Waals surface area contributed by atoms with Gasteiger partial charge in [0.05, 0.1) is 17.2 Å². The number of nitrogens with two attached hydrogens (primary N) is 1. The molecule has 45 heavy (non-hydrogen) atoms. The molecule has 4 atom stereocenters. The molecule has 0 aromatic heterocycles. The van der Waals surface area contributed by atoms with E-state index in [1.165, 1.54) is 0 Å². The lowest BCUT2D eigenvalue weighted by molar-refractivity contribution is -0.130. The lowest BCUT2D eigenvalue weighted by Gasteiger charge is -2.50. The fraction of sp³-hybridized carbons (Fsp3) is 0.294. The number of thiocarbonyl (C=S) groups is 1. The Morgan fingerprint density at radius 2 is 1.69 bits per heavy atom. The molecule has 3 aliphatic rings. The molecule has 232 valence electrons. The van der Waals surface area contributed by atoms with Crippen molar-refractivity contribution in [3.8, 4) is 5.75 Å². The summed E-state index contributed by atoms with van der Waals surface area (Å²) in [5, 5.41) is 42.3. The van der Waals surface area contributed by atoms with Crippen molar-refractivity contribution in [1.82, 2.24) is 0 Å². The molecule has 1 amide bonds. The number of Topliss-reactive ketones (excluding diaryl/α,β-unsaturated/α-hetero) is 2. The fourth-order valence-electron chi connectivity index (χ4n) is 7.44. The van der Waals surface area contributed by atoms with Crippen LogP contribution in [0.2, 0.25) is 0 Å². The highest BCUT2D eigenvalue weighted by Gasteiger charge is 2.59. The molecule has 7 N–H and O–H groups in total. The summed E-state index contributed by atoms with van der Waals surface area (Å²) in [6.07, 6.45) is 0.564. The van der Waals surface area contributed by atoms with Crippen LogP contribution in [0.1, 0.15) is 36.2 Å². The van der Waals surface area contributed by atoms with Gasteiger partial charge in [-0.3, -0.25) is 14.4 Å². The van der Waals surface area contributed by atoms with Gasteiger partial charge in [-0.15, -0.1) is 0 Å². The van der Waals surface area contributed by atoms with Crippen molar-refractivity contribution in [3.05, 3.63) is 82.3 Å². The lowest BCUT2D eigenvalue weighted by atomic mass is 9.52. The van der Waals surface area contributed by atoms with E-state index in [1.54, 1.807) is 19.9 Å². The molecule has 3 aromatic carbocycles. The highest BCUT2D eigenvalue weighted by atomic mass is 32.1. The van der Waals surface area contributed by atoms with Gasteiger partial charge in [-0.1, -0.05) is 50.2 Å². The van der Waals surface area contributed by atoms with Crippen LogP contribution in [0.5, 0.6) is 5.75 Å². The molecule has 6 rings (SSSR count). The Bertz CT molecular complexity index is 1910. The van der Waals surface area contributed by atoms with Crippen molar-refractivity contribution in [3.63, 3.8) is 0 Å². The number of primary amides is 1. The highest BCUT2D eigenvalue weighted by Crippen LogP contribution is 2.58. The molecular formula is C34H34N4O6S. The van der Waals surface area contributed by atoms with Crippen LogP contribution in [0.3, 0.4) is 0 Å². The number of phenols is 1. The second-order valence-electron chi connectivity index (χ2n) is 12.5. The van der Waals surface area contributed by atoms with Gasteiger partial charge in [0.15, 0.2) is 22.4 Å². The zero-order valence-electron chi connectivity index (χ0n) is 25.3. The van der Waals surface area contributed by atoms with E-state index in [-0.39, 0.29) is 40.5 Å². The van der Waals surface area contributed by atoms with Crippen molar-refractivity contribution < 1.29 is 29.7 Å². The Hall–Kier alpha value is -4.90. The Morgan fingerprint density at radius 3 is 2.38 bits per heavy atom. The van der Waals surface area contributed by atoms with Crippen LogP contribution in [0.4, 0.5) is 17.1 Å². The minimum Gasteiger partial charge on any atom is -0.511 e. The number of fused-ring (bicyclic) bond motifs is 4. The molecule has 0 aliphatic heterocycles. The maximum absolute atomic E-state index is 14.2. The third-order valence-corrected chi connectivity index (χ3v) is 9.99. The molecule has 0 bridgehead atoms. The van der Waals surface area contributed by atoms with Gasteiger partial charge in [0.1, 0.15) is 17.1 Å². The number of carbonyl (C=O) groups excluding carboxylic acids is 3. The van der Waals surface area contributed by atoms with Crippen LogP contribution in [0.15, 0.2) is 71.2 Å². The Balaban J connectivity index is 1.41. The van der Waals surface area contributed by atoms with Crippen molar-refractivity contribution in [2.75, 3.05) is 29.6 Å². The largest absolute Gasteiger partial charge is 0.511 e. The minimum absolute atomic E-state index is 0.00267. The number of nitrogens with zero attached hydrogens (tertiary/aromatic N) is 1. The molecule has 0 fully saturated rings. The van der Waals surface area contributed by atoms with E-state index in [2.05, 4.69) is 10.6 Å². The first-order chi connectivity index (χ1) is 21.3. The first kappa shape index (κ1) is 30.1. The van der Waals surface area contributed by atoms with E-state index < -0.39 is 57.7 Å². The van der Waals surface area contributed by atoms with Gasteiger partial charge in [0, 0.05) is 42.3 Å². The first-order valence-electron chi connectivity index (χ1n) is 14.6. The maximum Gasteiger partial charge on any atom is 0.255 e. The molecule has 2 unspecified atom stereocenters. The SMILES string of the molecule is C[C@@H]1C(O)=C(C(N)=O)C(=O)C2C(O)=C3C(=O)c4c(O)c(NC(=S)Nc5cccc6ccccc56)cc(N(C)C)c4CC3C[C@]21C. The first-order valence-corrected chi connectivity index (χ1v) is 15.0. The zero-order valence-corrected chi connectivity index (χ0v) is 26.1. The number of aromatic hydroxyl groups is 1. The van der Waals surface area contributed by atoms with Gasteiger partial charge in [-0.05, 0) is 59.5 Å². The van der Waals surface area contributed by atoms with E-state index in [4.69, 9.17) is 18.0 Å². The molecule has 3 aromatic rings. The average Bonchev–Trinajstić information content (AvgIpc) is 2.97. The molecular weight excluding hydrogens is 592 g/mol. The zero-order chi connectivity index (χ0) is 32.5. The maximum atomic E-state index is 14.2. The number of aliphatic hydroxyl groups is 2. The van der Waals surface area contributed by atoms with Crippen LogP contribution in [-0.4, -0.2) is 52.0 Å². The summed E-state index contributed by atoms with van der Waals surface area (Å²) >= 11 is 5.61. The number of benzene rings is 3. The van der Waals surface area contributed by atoms with Crippen molar-refractivity contribution in [2.24, 2.45) is 28.9 Å². The second kappa shape index (κ2) is 10.6. The summed E-state index contributed by atoms with van der Waals surface area (Å²) in [5.41, 5.74) is 6.12. The van der Waals surface area contributed by atoms with Gasteiger partial charge in [-0.2, -0.15) is 0 Å². The van der Waals surface area contributed by atoms with Gasteiger partial charge in [-0.25, -0.2) is 0 Å². The summed E-state index contributed by atoms with van der Waals surface area (Å²) in [6, 6.07) is 15.3. The Kier molecular flexibility index (Phi) is 7.11. The number of anilines is 3. The molecule has 0 heterocycles. The Morgan fingerprint density at radius 1 is 1.02 bits per heavy atom. The summed E-state index contributed by atoms with van der Waals surface area (Å²) in [5.74, 6) is -6.17. The van der Waals surface area contributed by atoms with Crippen LogP contribution in [0, 0.1) is 23.2 Å². The lowest BCUT2D eigenvalue weighted by Crippen LogP contribution is -2.52. The number of hydrogen-bond donors (Lipinski definition) is 6. The molecule has 0 saturated carbocycles. The van der Waals surface area contributed by atoms with Crippen LogP contribution < -0.4 is 21.3 Å². The number of carbonyl (C=O) groups is 3. The molecule has 0 saturated heterocycles.